The minimum atomic E-state index is -0.544. The molecule has 0 fully saturated rings. The van der Waals surface area contributed by atoms with E-state index in [0.29, 0.717) is 16.9 Å². The molecule has 0 amide bonds. The molecule has 1 spiro atoms. The van der Waals surface area contributed by atoms with Gasteiger partial charge in [-0.15, -0.1) is 0 Å². The maximum atomic E-state index is 11.1. The minimum absolute atomic E-state index is 0.0430. The van der Waals surface area contributed by atoms with Gasteiger partial charge in [0.25, 0.3) is 0 Å². The predicted molar refractivity (Wildman–Crippen MR) is 95.8 cm³/mol. The molecule has 0 saturated carbocycles. The number of nitro groups is 1. The van der Waals surface area contributed by atoms with Crippen LogP contribution in [-0.2, 0) is 0 Å². The number of anilines is 1. The number of fused-ring (bicyclic) bond motifs is 2. The number of hydrogen-bond donors (Lipinski definition) is 0. The van der Waals surface area contributed by atoms with Gasteiger partial charge in [0.2, 0.25) is 0 Å². The zero-order valence-corrected chi connectivity index (χ0v) is 14.6. The van der Waals surface area contributed by atoms with Crippen molar-refractivity contribution >= 4 is 42.9 Å². The third-order valence-electron chi connectivity index (χ3n) is 4.23. The predicted octanol–water partition coefficient (Wildman–Crippen LogP) is 2.78. The molecular formula is C18H14N2O3Se. The summed E-state index contributed by atoms with van der Waals surface area (Å²) in [6.45, 7) is 3.78. The van der Waals surface area contributed by atoms with Crippen LogP contribution in [-0.4, -0.2) is 31.6 Å². The van der Waals surface area contributed by atoms with E-state index in [9.17, 15) is 10.1 Å². The van der Waals surface area contributed by atoms with Gasteiger partial charge < -0.3 is 0 Å². The molecular weight excluding hydrogens is 371 g/mol. The monoisotopic (exact) mass is 386 g/mol. The van der Waals surface area contributed by atoms with E-state index in [-0.39, 0.29) is 20.6 Å². The summed E-state index contributed by atoms with van der Waals surface area (Å²) in [6.07, 6.45) is 5.53. The number of non-ortho nitro benzene ring substituents is 1. The van der Waals surface area contributed by atoms with E-state index < -0.39 is 9.55 Å². The van der Waals surface area contributed by atoms with E-state index in [1.165, 1.54) is 10.5 Å². The first kappa shape index (κ1) is 15.0. The molecule has 24 heavy (non-hydrogen) atoms. The number of likely N-dealkylation sites (N-methyl/N-ethyl adjacent to an activating group) is 1. The van der Waals surface area contributed by atoms with Gasteiger partial charge in [-0.3, -0.25) is 0 Å². The van der Waals surface area contributed by atoms with Crippen molar-refractivity contribution in [1.82, 2.24) is 0 Å². The van der Waals surface area contributed by atoms with Crippen molar-refractivity contribution in [1.29, 1.82) is 0 Å². The van der Waals surface area contributed by atoms with Gasteiger partial charge in [-0.1, -0.05) is 0 Å². The first-order valence-corrected chi connectivity index (χ1v) is 9.10. The fourth-order valence-corrected chi connectivity index (χ4v) is 5.64. The number of benzene rings is 2. The van der Waals surface area contributed by atoms with E-state index in [2.05, 4.69) is 23.6 Å². The second kappa shape index (κ2) is 5.23. The molecule has 4 rings (SSSR count). The van der Waals surface area contributed by atoms with Crippen molar-refractivity contribution in [2.24, 2.45) is 0 Å². The molecule has 0 radical (unpaired) electrons. The molecule has 0 aromatic heterocycles. The number of para-hydroxylation sites is 1. The Morgan fingerprint density at radius 2 is 2.17 bits per heavy atom. The van der Waals surface area contributed by atoms with Crippen LogP contribution in [0, 0.1) is 10.1 Å². The number of rotatable bonds is 2. The van der Waals surface area contributed by atoms with Gasteiger partial charge in [0.05, 0.1) is 0 Å². The molecule has 2 aliphatic rings. The standard InChI is InChI=1S/C18H14N2O3Se/c1-3-12-10-14(20(21)22)11-13-8-9-18(23-17(12)13)19(2)15-6-4-5-7-16(15)24-18/h3-11H,1H2,2H3. The Kier molecular flexibility index (Phi) is 3.27. The molecule has 2 aromatic carbocycles. The van der Waals surface area contributed by atoms with Gasteiger partial charge in [0.15, 0.2) is 0 Å². The zero-order valence-electron chi connectivity index (χ0n) is 12.9. The van der Waals surface area contributed by atoms with Gasteiger partial charge >= 0.3 is 145 Å². The van der Waals surface area contributed by atoms with Crippen LogP contribution in [0.2, 0.25) is 0 Å². The molecule has 0 aliphatic carbocycles. The summed E-state index contributed by atoms with van der Waals surface area (Å²) in [5, 5.41) is 11.1. The topological polar surface area (TPSA) is 55.6 Å². The summed E-state index contributed by atoms with van der Waals surface area (Å²) in [6, 6.07) is 11.3. The summed E-state index contributed by atoms with van der Waals surface area (Å²) in [5.41, 5.74) is 2.56. The summed E-state index contributed by atoms with van der Waals surface area (Å²) < 4.78 is 7.14. The Morgan fingerprint density at radius 1 is 1.38 bits per heavy atom. The molecule has 1 unspecified atom stereocenters. The van der Waals surface area contributed by atoms with Gasteiger partial charge in [-0.25, -0.2) is 0 Å². The van der Waals surface area contributed by atoms with Crippen LogP contribution in [0.3, 0.4) is 0 Å². The molecule has 2 aliphatic heterocycles. The van der Waals surface area contributed by atoms with Gasteiger partial charge in [-0.05, 0) is 0 Å². The van der Waals surface area contributed by atoms with E-state index in [1.54, 1.807) is 12.1 Å². The zero-order chi connectivity index (χ0) is 16.9. The Bertz CT molecular complexity index is 909. The van der Waals surface area contributed by atoms with E-state index >= 15 is 0 Å². The Morgan fingerprint density at radius 3 is 2.88 bits per heavy atom. The van der Waals surface area contributed by atoms with Crippen molar-refractivity contribution < 1.29 is 9.66 Å². The number of nitrogens with zero attached hydrogens (tertiary/aromatic N) is 2. The van der Waals surface area contributed by atoms with Crippen LogP contribution in [0.25, 0.3) is 12.2 Å². The molecule has 2 aromatic rings. The fourth-order valence-electron chi connectivity index (χ4n) is 2.98. The maximum absolute atomic E-state index is 11.1. The molecule has 0 bridgehead atoms. The molecule has 6 heteroatoms. The Balaban J connectivity index is 1.81. The van der Waals surface area contributed by atoms with Crippen LogP contribution in [0.4, 0.5) is 11.4 Å². The third kappa shape index (κ3) is 2.07. The van der Waals surface area contributed by atoms with Crippen molar-refractivity contribution in [2.75, 3.05) is 11.9 Å². The van der Waals surface area contributed by atoms with Crippen LogP contribution < -0.4 is 14.1 Å². The normalized spacial score (nSPS) is 20.5. The molecule has 0 saturated heterocycles. The van der Waals surface area contributed by atoms with Gasteiger partial charge in [0.1, 0.15) is 0 Å². The van der Waals surface area contributed by atoms with Gasteiger partial charge in [-0.2, -0.15) is 0 Å². The van der Waals surface area contributed by atoms with Crippen molar-refractivity contribution in [3.63, 3.8) is 0 Å². The average molecular weight is 385 g/mol. The second-order valence-corrected chi connectivity index (χ2v) is 8.19. The Labute approximate surface area is 145 Å². The summed E-state index contributed by atoms with van der Waals surface area (Å²) in [5.74, 6) is 0.652. The van der Waals surface area contributed by atoms with E-state index in [0.717, 1.165) is 5.69 Å². The van der Waals surface area contributed by atoms with Crippen molar-refractivity contribution in [3.8, 4) is 5.75 Å². The SMILES string of the molecule is C=Cc1cc([N+](=O)[O-])cc2c1OC1(C=C2)[Se]c2ccccc2N1C. The number of ether oxygens (including phenoxy) is 1. The number of hydrogen-bond acceptors (Lipinski definition) is 4. The molecule has 2 heterocycles. The van der Waals surface area contributed by atoms with Crippen LogP contribution in [0.5, 0.6) is 5.75 Å². The molecule has 120 valence electrons. The van der Waals surface area contributed by atoms with Crippen LogP contribution >= 0.6 is 0 Å². The molecule has 1 atom stereocenters. The van der Waals surface area contributed by atoms with Crippen molar-refractivity contribution in [3.05, 3.63) is 70.3 Å². The quantitative estimate of drug-likeness (QED) is 0.453. The summed E-state index contributed by atoms with van der Waals surface area (Å²) in [7, 11) is 2.02. The first-order valence-electron chi connectivity index (χ1n) is 7.39. The van der Waals surface area contributed by atoms with E-state index in [1.807, 2.05) is 31.3 Å². The number of nitro benzene ring substituents is 1. The molecule has 0 N–H and O–H groups in total. The second-order valence-electron chi connectivity index (χ2n) is 5.61. The fraction of sp³-hybridized carbons (Fsp3) is 0.111. The average Bonchev–Trinajstić information content (AvgIpc) is 2.86. The molecule has 5 nitrogen and oxygen atoms in total. The Hall–Kier alpha value is -2.56. The van der Waals surface area contributed by atoms with E-state index in [4.69, 9.17) is 4.74 Å². The summed E-state index contributed by atoms with van der Waals surface area (Å²) >= 11 is 0.0623. The first-order chi connectivity index (χ1) is 11.5. The van der Waals surface area contributed by atoms with Gasteiger partial charge in [0, 0.05) is 0 Å². The summed E-state index contributed by atoms with van der Waals surface area (Å²) in [4.78, 5) is 12.8. The van der Waals surface area contributed by atoms with Crippen LogP contribution in [0.1, 0.15) is 11.1 Å². The van der Waals surface area contributed by atoms with Crippen molar-refractivity contribution in [2.45, 2.75) is 4.62 Å². The van der Waals surface area contributed by atoms with Crippen LogP contribution in [0.15, 0.2) is 49.1 Å². The third-order valence-corrected chi connectivity index (χ3v) is 7.07.